The number of rotatable bonds is 4. The predicted octanol–water partition coefficient (Wildman–Crippen LogP) is 4.11. The standard InChI is InChI=1S/C21H28N4OS.2ClH/c22-13-19-23-18(15-27-19)20(26)24-11-12-25(14-17-7-3-1-4-8-17)21(16-24)9-5-2-6-10-21;;/h1,3-4,7-8,15H,2,5-6,9-14,16,22H2;2*1H. The van der Waals surface area contributed by atoms with Crippen LogP contribution in [0.3, 0.4) is 0 Å². The Morgan fingerprint density at radius 2 is 1.83 bits per heavy atom. The van der Waals surface area contributed by atoms with E-state index in [1.807, 2.05) is 10.3 Å². The maximum atomic E-state index is 13.0. The van der Waals surface area contributed by atoms with E-state index in [4.69, 9.17) is 5.73 Å². The van der Waals surface area contributed by atoms with Crippen molar-refractivity contribution < 1.29 is 4.79 Å². The molecule has 2 aliphatic rings. The Bertz CT molecular complexity index is 780. The number of thiazole rings is 1. The smallest absolute Gasteiger partial charge is 0.273 e. The molecule has 160 valence electrons. The van der Waals surface area contributed by atoms with Crippen LogP contribution in [0.1, 0.15) is 53.2 Å². The van der Waals surface area contributed by atoms with E-state index >= 15 is 0 Å². The topological polar surface area (TPSA) is 62.5 Å². The number of hydrogen-bond acceptors (Lipinski definition) is 5. The summed E-state index contributed by atoms with van der Waals surface area (Å²) >= 11 is 1.48. The normalized spacial score (nSPS) is 18.7. The van der Waals surface area contributed by atoms with Gasteiger partial charge in [0.25, 0.3) is 5.91 Å². The van der Waals surface area contributed by atoms with Gasteiger partial charge in [-0.1, -0.05) is 49.6 Å². The summed E-state index contributed by atoms with van der Waals surface area (Å²) in [6.45, 7) is 3.87. The molecule has 29 heavy (non-hydrogen) atoms. The largest absolute Gasteiger partial charge is 0.334 e. The number of nitrogens with zero attached hydrogens (tertiary/aromatic N) is 3. The van der Waals surface area contributed by atoms with Gasteiger partial charge >= 0.3 is 0 Å². The van der Waals surface area contributed by atoms with E-state index in [-0.39, 0.29) is 36.3 Å². The molecule has 2 aromatic rings. The van der Waals surface area contributed by atoms with Crippen molar-refractivity contribution in [2.24, 2.45) is 5.73 Å². The summed E-state index contributed by atoms with van der Waals surface area (Å²) < 4.78 is 0. The molecule has 8 heteroatoms. The van der Waals surface area contributed by atoms with Gasteiger partial charge in [0, 0.05) is 43.6 Å². The lowest BCUT2D eigenvalue weighted by Crippen LogP contribution is -2.63. The summed E-state index contributed by atoms with van der Waals surface area (Å²) in [5.41, 5.74) is 7.68. The van der Waals surface area contributed by atoms with E-state index in [1.54, 1.807) is 0 Å². The lowest BCUT2D eigenvalue weighted by atomic mass is 9.78. The molecule has 0 unspecified atom stereocenters. The first-order valence-electron chi connectivity index (χ1n) is 9.93. The molecule has 4 rings (SSSR count). The van der Waals surface area contributed by atoms with Crippen LogP contribution in [0.2, 0.25) is 0 Å². The van der Waals surface area contributed by atoms with Crippen LogP contribution < -0.4 is 5.73 Å². The van der Waals surface area contributed by atoms with Crippen LogP contribution in [0.25, 0.3) is 0 Å². The van der Waals surface area contributed by atoms with E-state index in [9.17, 15) is 4.79 Å². The van der Waals surface area contributed by atoms with Crippen LogP contribution in [-0.2, 0) is 13.1 Å². The average Bonchev–Trinajstić information content (AvgIpc) is 3.20. The minimum Gasteiger partial charge on any atom is -0.334 e. The summed E-state index contributed by atoms with van der Waals surface area (Å²) in [6.07, 6.45) is 6.16. The highest BCUT2D eigenvalue weighted by Crippen LogP contribution is 2.38. The minimum absolute atomic E-state index is 0. The number of carbonyl (C=O) groups excluding carboxylic acids is 1. The number of amides is 1. The molecule has 1 spiro atoms. The van der Waals surface area contributed by atoms with Crippen LogP contribution in [0.5, 0.6) is 0 Å². The summed E-state index contributed by atoms with van der Waals surface area (Å²) in [7, 11) is 0. The van der Waals surface area contributed by atoms with Crippen molar-refractivity contribution in [1.82, 2.24) is 14.8 Å². The van der Waals surface area contributed by atoms with Gasteiger partial charge in [-0.25, -0.2) is 4.98 Å². The first-order valence-corrected chi connectivity index (χ1v) is 10.8. The van der Waals surface area contributed by atoms with Gasteiger partial charge in [0.2, 0.25) is 0 Å². The van der Waals surface area contributed by atoms with Crippen molar-refractivity contribution in [3.63, 3.8) is 0 Å². The molecule has 1 aliphatic heterocycles. The average molecular weight is 457 g/mol. The maximum Gasteiger partial charge on any atom is 0.273 e. The van der Waals surface area contributed by atoms with Crippen LogP contribution in [0, 0.1) is 0 Å². The van der Waals surface area contributed by atoms with Crippen LogP contribution in [0.15, 0.2) is 35.7 Å². The summed E-state index contributed by atoms with van der Waals surface area (Å²) in [6, 6.07) is 10.7. The summed E-state index contributed by atoms with van der Waals surface area (Å²) in [5.74, 6) is 0.0651. The fourth-order valence-corrected chi connectivity index (χ4v) is 5.23. The lowest BCUT2D eigenvalue weighted by Gasteiger charge is -2.53. The molecular weight excluding hydrogens is 427 g/mol. The zero-order valence-electron chi connectivity index (χ0n) is 16.6. The van der Waals surface area contributed by atoms with Crippen molar-refractivity contribution in [3.8, 4) is 0 Å². The minimum atomic E-state index is 0. The second-order valence-electron chi connectivity index (χ2n) is 7.75. The van der Waals surface area contributed by atoms with Gasteiger partial charge in [-0.3, -0.25) is 9.69 Å². The number of carbonyl (C=O) groups is 1. The number of aromatic nitrogens is 1. The van der Waals surface area contributed by atoms with E-state index in [0.717, 1.165) is 31.2 Å². The monoisotopic (exact) mass is 456 g/mol. The molecule has 1 saturated carbocycles. The molecule has 0 atom stereocenters. The molecule has 5 nitrogen and oxygen atoms in total. The van der Waals surface area contributed by atoms with Crippen molar-refractivity contribution in [1.29, 1.82) is 0 Å². The van der Waals surface area contributed by atoms with Gasteiger partial charge in [-0.15, -0.1) is 36.2 Å². The van der Waals surface area contributed by atoms with Gasteiger partial charge in [0.1, 0.15) is 10.7 Å². The number of halogens is 2. The predicted molar refractivity (Wildman–Crippen MR) is 123 cm³/mol. The highest BCUT2D eigenvalue weighted by Gasteiger charge is 2.43. The summed E-state index contributed by atoms with van der Waals surface area (Å²) in [4.78, 5) is 22.1. The third-order valence-corrected chi connectivity index (χ3v) is 6.90. The maximum absolute atomic E-state index is 13.0. The van der Waals surface area contributed by atoms with Crippen molar-refractivity contribution in [2.75, 3.05) is 19.6 Å². The second kappa shape index (κ2) is 10.7. The van der Waals surface area contributed by atoms with E-state index in [1.165, 1.54) is 49.0 Å². The molecule has 1 aliphatic carbocycles. The van der Waals surface area contributed by atoms with E-state index in [0.29, 0.717) is 12.2 Å². The summed E-state index contributed by atoms with van der Waals surface area (Å²) in [5, 5.41) is 2.68. The lowest BCUT2D eigenvalue weighted by molar-refractivity contribution is -0.0254. The quantitative estimate of drug-likeness (QED) is 0.751. The van der Waals surface area contributed by atoms with Gasteiger partial charge in [-0.05, 0) is 18.4 Å². The highest BCUT2D eigenvalue weighted by atomic mass is 35.5. The molecule has 1 aromatic carbocycles. The van der Waals surface area contributed by atoms with Crippen LogP contribution in [-0.4, -0.2) is 45.9 Å². The Morgan fingerprint density at radius 1 is 1.10 bits per heavy atom. The molecule has 1 saturated heterocycles. The molecule has 0 radical (unpaired) electrons. The SMILES string of the molecule is Cl.Cl.NCc1nc(C(=O)N2CCN(Cc3ccccc3)C3(CCCCC3)C2)cs1. The molecule has 1 amide bonds. The van der Waals surface area contributed by atoms with Gasteiger partial charge in [-0.2, -0.15) is 0 Å². The molecule has 2 fully saturated rings. The van der Waals surface area contributed by atoms with Crippen LogP contribution >= 0.6 is 36.2 Å². The first kappa shape index (κ1) is 24.1. The molecule has 0 bridgehead atoms. The Labute approximate surface area is 189 Å². The van der Waals surface area contributed by atoms with Gasteiger partial charge in [0.15, 0.2) is 0 Å². The Kier molecular flexibility index (Phi) is 8.91. The zero-order valence-corrected chi connectivity index (χ0v) is 19.0. The molecule has 1 aromatic heterocycles. The van der Waals surface area contributed by atoms with Crippen molar-refractivity contribution in [3.05, 3.63) is 52.0 Å². The molecule has 2 N–H and O–H groups in total. The second-order valence-corrected chi connectivity index (χ2v) is 8.69. The van der Waals surface area contributed by atoms with Crippen molar-refractivity contribution in [2.45, 2.75) is 50.7 Å². The number of nitrogens with two attached hydrogens (primary N) is 1. The van der Waals surface area contributed by atoms with Gasteiger partial charge in [0.05, 0.1) is 0 Å². The first-order chi connectivity index (χ1) is 13.2. The van der Waals surface area contributed by atoms with Gasteiger partial charge < -0.3 is 10.6 Å². The van der Waals surface area contributed by atoms with E-state index < -0.39 is 0 Å². The molecular formula is C21H30Cl2N4OS. The Morgan fingerprint density at radius 3 is 2.48 bits per heavy atom. The number of hydrogen-bond donors (Lipinski definition) is 1. The van der Waals surface area contributed by atoms with E-state index in [2.05, 4.69) is 40.2 Å². The van der Waals surface area contributed by atoms with Crippen LogP contribution in [0.4, 0.5) is 0 Å². The highest BCUT2D eigenvalue weighted by molar-refractivity contribution is 7.09. The molecule has 2 heterocycles. The third-order valence-electron chi connectivity index (χ3n) is 6.03. The van der Waals surface area contributed by atoms with Crippen molar-refractivity contribution >= 4 is 42.1 Å². The third kappa shape index (κ3) is 5.30. The Hall–Kier alpha value is -1.18. The number of piperazine rings is 1. The number of benzene rings is 1. The zero-order chi connectivity index (χ0) is 18.7. The fraction of sp³-hybridized carbons (Fsp3) is 0.524. The fourth-order valence-electron chi connectivity index (χ4n) is 4.59. The Balaban J connectivity index is 0.00000150.